The number of anilines is 1. The maximum atomic E-state index is 5.89. The van der Waals surface area contributed by atoms with Gasteiger partial charge in [-0.1, -0.05) is 12.1 Å². The van der Waals surface area contributed by atoms with Gasteiger partial charge < -0.3 is 15.4 Å². The standard InChI is InChI=1S/C24H26N6O/c1-15-14-31-7-6-30(15)19-12-29(13-19)18-10-23-21(26-11-18)5-4-20(27-23)16-2-3-17-9-24(25)28-22(17)8-16/h2-5,8,10-11,15,19H,6-7,9,12-14H2,1H3,(H2,25,28). The molecule has 2 saturated heterocycles. The van der Waals surface area contributed by atoms with Crippen LogP contribution in [0.3, 0.4) is 0 Å². The van der Waals surface area contributed by atoms with E-state index in [0.717, 1.165) is 72.9 Å². The summed E-state index contributed by atoms with van der Waals surface area (Å²) in [6.45, 7) is 7.01. The monoisotopic (exact) mass is 414 g/mol. The van der Waals surface area contributed by atoms with Crippen molar-refractivity contribution >= 4 is 28.2 Å². The lowest BCUT2D eigenvalue weighted by Crippen LogP contribution is -2.63. The number of nitrogens with two attached hydrogens (primary N) is 1. The number of rotatable bonds is 3. The summed E-state index contributed by atoms with van der Waals surface area (Å²) >= 11 is 0. The van der Waals surface area contributed by atoms with Gasteiger partial charge >= 0.3 is 0 Å². The Morgan fingerprint density at radius 1 is 1.10 bits per heavy atom. The van der Waals surface area contributed by atoms with Gasteiger partial charge in [-0.15, -0.1) is 0 Å². The molecule has 2 aromatic heterocycles. The molecule has 3 aliphatic heterocycles. The van der Waals surface area contributed by atoms with Crippen LogP contribution < -0.4 is 10.6 Å². The van der Waals surface area contributed by atoms with Crippen molar-refractivity contribution in [2.45, 2.75) is 25.4 Å². The first kappa shape index (κ1) is 18.7. The van der Waals surface area contributed by atoms with Gasteiger partial charge in [0.05, 0.1) is 47.5 Å². The van der Waals surface area contributed by atoms with Crippen LogP contribution >= 0.6 is 0 Å². The predicted octanol–water partition coefficient (Wildman–Crippen LogP) is 2.75. The summed E-state index contributed by atoms with van der Waals surface area (Å²) in [4.78, 5) is 19.0. The third-order valence-electron chi connectivity index (χ3n) is 6.66. The molecule has 0 amide bonds. The zero-order valence-corrected chi connectivity index (χ0v) is 17.7. The number of aromatic nitrogens is 2. The Kier molecular flexibility index (Phi) is 4.40. The summed E-state index contributed by atoms with van der Waals surface area (Å²) in [7, 11) is 0. The maximum absolute atomic E-state index is 5.89. The number of fused-ring (bicyclic) bond motifs is 2. The highest BCUT2D eigenvalue weighted by Crippen LogP contribution is 2.32. The van der Waals surface area contributed by atoms with Crippen molar-refractivity contribution in [3.05, 3.63) is 48.2 Å². The number of pyridine rings is 2. The van der Waals surface area contributed by atoms with Crippen LogP contribution in [-0.4, -0.2) is 65.6 Å². The van der Waals surface area contributed by atoms with Crippen LogP contribution in [0.25, 0.3) is 22.3 Å². The minimum Gasteiger partial charge on any atom is -0.387 e. The molecule has 1 unspecified atom stereocenters. The smallest absolute Gasteiger partial charge is 0.104 e. The number of ether oxygens (including phenoxy) is 1. The molecule has 1 aromatic carbocycles. The Labute approximate surface area is 181 Å². The van der Waals surface area contributed by atoms with Gasteiger partial charge in [0.1, 0.15) is 5.84 Å². The van der Waals surface area contributed by atoms with Crippen molar-refractivity contribution in [2.24, 2.45) is 10.7 Å². The third-order valence-corrected chi connectivity index (χ3v) is 6.66. The van der Waals surface area contributed by atoms with Gasteiger partial charge in [0.25, 0.3) is 0 Å². The highest BCUT2D eigenvalue weighted by Gasteiger charge is 2.35. The lowest BCUT2D eigenvalue weighted by atomic mass is 10.0. The van der Waals surface area contributed by atoms with E-state index in [1.165, 1.54) is 5.56 Å². The van der Waals surface area contributed by atoms with Crippen LogP contribution in [0, 0.1) is 0 Å². The molecule has 3 aliphatic rings. The SMILES string of the molecule is CC1COCCN1C1CN(c2cnc3ccc(-c4ccc5c(c4)N=C(N)C5)nc3c2)C1. The van der Waals surface area contributed by atoms with Gasteiger partial charge in [-0.3, -0.25) is 9.88 Å². The third kappa shape index (κ3) is 3.34. The van der Waals surface area contributed by atoms with Crippen LogP contribution in [-0.2, 0) is 11.2 Å². The fraction of sp³-hybridized carbons (Fsp3) is 0.375. The summed E-state index contributed by atoms with van der Waals surface area (Å²) in [6.07, 6.45) is 2.70. The first-order valence-electron chi connectivity index (χ1n) is 11.0. The van der Waals surface area contributed by atoms with Crippen LogP contribution in [0.15, 0.2) is 47.6 Å². The van der Waals surface area contributed by atoms with Crippen LogP contribution in [0.5, 0.6) is 0 Å². The molecule has 158 valence electrons. The van der Waals surface area contributed by atoms with E-state index in [0.29, 0.717) is 17.9 Å². The average molecular weight is 415 g/mol. The molecule has 6 rings (SSSR count). The van der Waals surface area contributed by atoms with E-state index in [4.69, 9.17) is 15.5 Å². The van der Waals surface area contributed by atoms with E-state index >= 15 is 0 Å². The minimum absolute atomic E-state index is 0.492. The number of nitrogens with zero attached hydrogens (tertiary/aromatic N) is 5. The molecule has 2 fully saturated rings. The van der Waals surface area contributed by atoms with Gasteiger partial charge in [-0.25, -0.2) is 9.98 Å². The van der Waals surface area contributed by atoms with Gasteiger partial charge in [-0.05, 0) is 36.8 Å². The van der Waals surface area contributed by atoms with E-state index in [2.05, 4.69) is 51.0 Å². The fourth-order valence-electron chi connectivity index (χ4n) is 4.85. The second-order valence-corrected chi connectivity index (χ2v) is 8.77. The lowest BCUT2D eigenvalue weighted by Gasteiger charge is -2.49. The van der Waals surface area contributed by atoms with Crippen molar-refractivity contribution in [2.75, 3.05) is 37.7 Å². The Balaban J connectivity index is 1.24. The summed E-state index contributed by atoms with van der Waals surface area (Å²) < 4.78 is 5.58. The number of hydrogen-bond acceptors (Lipinski definition) is 7. The summed E-state index contributed by atoms with van der Waals surface area (Å²) in [6, 6.07) is 13.6. The minimum atomic E-state index is 0.492. The molecule has 0 spiro atoms. The second kappa shape index (κ2) is 7.28. The largest absolute Gasteiger partial charge is 0.387 e. The van der Waals surface area contributed by atoms with E-state index in [9.17, 15) is 0 Å². The number of amidine groups is 1. The van der Waals surface area contributed by atoms with Crippen LogP contribution in [0.1, 0.15) is 12.5 Å². The molecule has 2 N–H and O–H groups in total. The highest BCUT2D eigenvalue weighted by atomic mass is 16.5. The van der Waals surface area contributed by atoms with Gasteiger partial charge in [0.2, 0.25) is 0 Å². The first-order valence-corrected chi connectivity index (χ1v) is 11.0. The van der Waals surface area contributed by atoms with E-state index in [-0.39, 0.29) is 0 Å². The fourth-order valence-corrected chi connectivity index (χ4v) is 4.85. The van der Waals surface area contributed by atoms with Crippen molar-refractivity contribution in [1.29, 1.82) is 0 Å². The molecule has 5 heterocycles. The van der Waals surface area contributed by atoms with E-state index in [1.807, 2.05) is 18.3 Å². The zero-order chi connectivity index (χ0) is 20.9. The molecule has 31 heavy (non-hydrogen) atoms. The van der Waals surface area contributed by atoms with Crippen LogP contribution in [0.2, 0.25) is 0 Å². The Hall–Kier alpha value is -3.03. The number of benzene rings is 1. The first-order chi connectivity index (χ1) is 15.1. The van der Waals surface area contributed by atoms with Crippen molar-refractivity contribution in [1.82, 2.24) is 14.9 Å². The quantitative estimate of drug-likeness (QED) is 0.710. The Bertz CT molecular complexity index is 1190. The van der Waals surface area contributed by atoms with Gasteiger partial charge in [-0.2, -0.15) is 0 Å². The molecule has 1 atom stereocenters. The molecule has 7 nitrogen and oxygen atoms in total. The Morgan fingerprint density at radius 3 is 2.87 bits per heavy atom. The molecule has 0 radical (unpaired) electrons. The van der Waals surface area contributed by atoms with Crippen molar-refractivity contribution < 1.29 is 4.74 Å². The number of morpholine rings is 1. The van der Waals surface area contributed by atoms with E-state index in [1.54, 1.807) is 0 Å². The average Bonchev–Trinajstić information content (AvgIpc) is 3.12. The molecular weight excluding hydrogens is 388 g/mol. The Morgan fingerprint density at radius 2 is 2.00 bits per heavy atom. The van der Waals surface area contributed by atoms with E-state index < -0.39 is 0 Å². The van der Waals surface area contributed by atoms with Gasteiger partial charge in [0.15, 0.2) is 0 Å². The summed E-state index contributed by atoms with van der Waals surface area (Å²) in [5.74, 6) is 0.673. The number of aliphatic imine (C=N–C) groups is 1. The molecule has 0 aliphatic carbocycles. The molecule has 7 heteroatoms. The highest BCUT2D eigenvalue weighted by molar-refractivity contribution is 5.92. The normalized spacial score (nSPS) is 21.8. The number of hydrogen-bond donors (Lipinski definition) is 1. The summed E-state index contributed by atoms with van der Waals surface area (Å²) in [5.41, 5.74) is 13.0. The van der Waals surface area contributed by atoms with Crippen molar-refractivity contribution in [3.8, 4) is 11.3 Å². The predicted molar refractivity (Wildman–Crippen MR) is 123 cm³/mol. The zero-order valence-electron chi connectivity index (χ0n) is 17.7. The maximum Gasteiger partial charge on any atom is 0.104 e. The molecule has 3 aromatic rings. The second-order valence-electron chi connectivity index (χ2n) is 8.77. The van der Waals surface area contributed by atoms with Crippen molar-refractivity contribution in [3.63, 3.8) is 0 Å². The summed E-state index contributed by atoms with van der Waals surface area (Å²) in [5, 5.41) is 0. The molecule has 0 bridgehead atoms. The topological polar surface area (TPSA) is 79.9 Å². The molecule has 0 saturated carbocycles. The lowest BCUT2D eigenvalue weighted by molar-refractivity contribution is -0.0274. The van der Waals surface area contributed by atoms with Gasteiger partial charge in [0, 0.05) is 43.7 Å². The van der Waals surface area contributed by atoms with Crippen LogP contribution in [0.4, 0.5) is 11.4 Å². The molecular formula is C24H26N6O.